The third kappa shape index (κ3) is 28.4. The minimum atomic E-state index is -2.61. The van der Waals surface area contributed by atoms with Gasteiger partial charge < -0.3 is 61.3 Å². The van der Waals surface area contributed by atoms with Gasteiger partial charge in [-0.15, -0.1) is 0 Å². The molecule has 0 aromatic carbocycles. The summed E-state index contributed by atoms with van der Waals surface area (Å²) in [6.45, 7) is 29.9. The van der Waals surface area contributed by atoms with Gasteiger partial charge in [0.15, 0.2) is 0 Å². The lowest BCUT2D eigenvalue weighted by atomic mass is 9.92. The molecule has 384 valence electrons. The lowest BCUT2D eigenvalue weighted by Crippen LogP contribution is -2.50. The van der Waals surface area contributed by atoms with Gasteiger partial charge in [0.25, 0.3) is 0 Å². The Labute approximate surface area is 400 Å². The van der Waals surface area contributed by atoms with Crippen LogP contribution in [0.3, 0.4) is 0 Å². The summed E-state index contributed by atoms with van der Waals surface area (Å²) < 4.78 is 56.7. The SMILES string of the molecule is C=C(C)C(=O)OCC(CO)(COC(=O)C(=C)C)COC(=O)C(=C)C.C=C(C)C(=O)OCC(COC(=O)NC[Si](C)(OC)OC)(COC(=O)C(=C)C)COC(=O)C(=C)C.CO[Si](C)(CN=C=O)OC. The number of carbonyl (C=O) groups excluding carboxylic acids is 8. The summed E-state index contributed by atoms with van der Waals surface area (Å²) in [7, 11) is 1.28. The van der Waals surface area contributed by atoms with Crippen LogP contribution in [0.4, 0.5) is 4.79 Å². The van der Waals surface area contributed by atoms with Gasteiger partial charge in [-0.3, -0.25) is 0 Å². The molecule has 0 spiro atoms. The number of isocyanates is 1. The Morgan fingerprint density at radius 3 is 0.956 bits per heavy atom. The number of rotatable bonds is 29. The van der Waals surface area contributed by atoms with Gasteiger partial charge >= 0.3 is 59.0 Å². The van der Waals surface area contributed by atoms with E-state index >= 15 is 0 Å². The van der Waals surface area contributed by atoms with Crippen molar-refractivity contribution in [3.63, 3.8) is 0 Å². The summed E-state index contributed by atoms with van der Waals surface area (Å²) in [6, 6.07) is 0. The van der Waals surface area contributed by atoms with Crippen LogP contribution in [0, 0.1) is 10.8 Å². The van der Waals surface area contributed by atoms with Gasteiger partial charge in [0.2, 0.25) is 6.08 Å². The number of aliphatic hydroxyl groups is 1. The Balaban J connectivity index is -0.00000107. The van der Waals surface area contributed by atoms with Crippen LogP contribution in [0.25, 0.3) is 0 Å². The van der Waals surface area contributed by atoms with Gasteiger partial charge in [0.05, 0.1) is 24.4 Å². The number of ether oxygens (including phenoxy) is 7. The van der Waals surface area contributed by atoms with E-state index in [-0.39, 0.29) is 59.4 Å². The molecule has 68 heavy (non-hydrogen) atoms. The summed E-state index contributed by atoms with van der Waals surface area (Å²) in [4.78, 5) is 96.0. The van der Waals surface area contributed by atoms with E-state index in [9.17, 15) is 43.5 Å². The molecule has 0 aromatic rings. The van der Waals surface area contributed by atoms with Crippen LogP contribution < -0.4 is 5.32 Å². The van der Waals surface area contributed by atoms with Crippen LogP contribution in [0.1, 0.15) is 41.5 Å². The molecule has 0 aliphatic rings. The van der Waals surface area contributed by atoms with Crippen molar-refractivity contribution in [2.45, 2.75) is 54.6 Å². The zero-order valence-corrected chi connectivity index (χ0v) is 43.5. The van der Waals surface area contributed by atoms with E-state index in [4.69, 9.17) is 50.9 Å². The molecule has 0 radical (unpaired) electrons. The molecule has 1 amide bonds. The lowest BCUT2D eigenvalue weighted by Gasteiger charge is -2.32. The van der Waals surface area contributed by atoms with Gasteiger partial charge in [0, 0.05) is 61.9 Å². The first-order valence-electron chi connectivity index (χ1n) is 20.1. The molecule has 0 aliphatic carbocycles. The maximum atomic E-state index is 12.3. The van der Waals surface area contributed by atoms with E-state index in [1.165, 1.54) is 61.8 Å². The first-order valence-corrected chi connectivity index (χ1v) is 25.2. The zero-order valence-electron chi connectivity index (χ0n) is 41.5. The Bertz CT molecular complexity index is 1720. The van der Waals surface area contributed by atoms with E-state index in [2.05, 4.69) is 49.8 Å². The third-order valence-electron chi connectivity index (χ3n) is 8.70. The standard InChI is InChI=1S/C22H35NO10Si.C17H24O7.C5H11NO3Si/c1-15(2)18(24)30-10-22(11-31-19(25)16(3)4,12-32-20(26)17(5)6)13-33-21(27)23-14-34(9,28-7)29-8;1-11(2)14(19)22-8-17(7-18,9-23-15(20)12(3)4)10-24-16(21)13(5)6;1-8-10(3,9-2)5-6-4-7/h1,3,5,10-14H2,2,4,6-9H3,(H,23,27);18H,1,3,5,7-10H2,2,4,6H3;5H2,1-3H3. The van der Waals surface area contributed by atoms with E-state index in [0.29, 0.717) is 6.17 Å². The maximum Gasteiger partial charge on any atom is 0.407 e. The van der Waals surface area contributed by atoms with Crippen molar-refractivity contribution >= 4 is 65.1 Å². The number of nitrogens with one attached hydrogen (secondary N) is 1. The molecule has 0 fully saturated rings. The van der Waals surface area contributed by atoms with Gasteiger partial charge in [-0.05, 0) is 54.6 Å². The Hall–Kier alpha value is -5.86. The quantitative estimate of drug-likeness (QED) is 0.0271. The van der Waals surface area contributed by atoms with Crippen molar-refractivity contribution in [1.82, 2.24) is 5.32 Å². The van der Waals surface area contributed by atoms with Crippen LogP contribution in [-0.4, -0.2) is 164 Å². The Morgan fingerprint density at radius 2 is 0.735 bits per heavy atom. The topological polar surface area (TPSA) is 283 Å². The fraction of sp³-hybridized carbons (Fsp3) is 0.545. The number of nitrogens with zero attached hydrogens (tertiary/aromatic N) is 1. The number of hydrogen-bond acceptors (Lipinski definition) is 21. The number of amides is 1. The van der Waals surface area contributed by atoms with Gasteiger partial charge in [-0.1, -0.05) is 39.5 Å². The molecule has 0 unspecified atom stereocenters. The fourth-order valence-electron chi connectivity index (χ4n) is 3.68. The summed E-state index contributed by atoms with van der Waals surface area (Å²) in [5.74, 6) is -4.21. The number of aliphatic hydroxyl groups excluding tert-OH is 1. The number of carbonyl (C=O) groups is 7. The van der Waals surface area contributed by atoms with Gasteiger partial charge in [0.1, 0.15) is 51.7 Å². The predicted octanol–water partition coefficient (Wildman–Crippen LogP) is 3.51. The van der Waals surface area contributed by atoms with Crippen molar-refractivity contribution in [3.8, 4) is 0 Å². The van der Waals surface area contributed by atoms with Crippen LogP contribution in [-0.2, 0) is 84.4 Å². The van der Waals surface area contributed by atoms with E-state index in [1.54, 1.807) is 20.8 Å². The summed E-state index contributed by atoms with van der Waals surface area (Å²) >= 11 is 0. The van der Waals surface area contributed by atoms with Crippen molar-refractivity contribution in [1.29, 1.82) is 0 Å². The largest absolute Gasteiger partial charge is 0.461 e. The molecular weight excluding hydrogens is 933 g/mol. The smallest absolute Gasteiger partial charge is 0.407 e. The number of hydrogen-bond donors (Lipinski definition) is 2. The minimum absolute atomic E-state index is 0.0891. The number of aliphatic imine (C=N–C) groups is 1. The molecule has 0 saturated carbocycles. The fourth-order valence-corrected chi connectivity index (χ4v) is 5.38. The third-order valence-corrected chi connectivity index (χ3v) is 13.7. The molecule has 0 saturated heterocycles. The lowest BCUT2D eigenvalue weighted by molar-refractivity contribution is -0.162. The van der Waals surface area contributed by atoms with Crippen LogP contribution in [0.2, 0.25) is 13.1 Å². The molecule has 24 heteroatoms. The molecular formula is C44H70N2O20Si2. The Morgan fingerprint density at radius 1 is 0.485 bits per heavy atom. The first-order chi connectivity index (χ1) is 31.4. The highest BCUT2D eigenvalue weighted by molar-refractivity contribution is 6.66. The highest BCUT2D eigenvalue weighted by atomic mass is 28.4. The van der Waals surface area contributed by atoms with E-state index < -0.39 is 103 Å². The number of esters is 6. The average Bonchev–Trinajstić information content (AvgIpc) is 3.31. The van der Waals surface area contributed by atoms with Crippen molar-refractivity contribution in [3.05, 3.63) is 72.9 Å². The second kappa shape index (κ2) is 33.6. The van der Waals surface area contributed by atoms with Crippen molar-refractivity contribution in [2.75, 3.05) is 93.6 Å². The normalized spacial score (nSPS) is 10.8. The second-order valence-corrected chi connectivity index (χ2v) is 22.6. The summed E-state index contributed by atoms with van der Waals surface area (Å²) in [6.07, 6.45) is 1.01. The molecule has 0 rings (SSSR count). The highest BCUT2D eigenvalue weighted by Gasteiger charge is 2.39. The van der Waals surface area contributed by atoms with E-state index in [0.717, 1.165) is 0 Å². The second-order valence-electron chi connectivity index (χ2n) is 15.7. The molecule has 0 heterocycles. The van der Waals surface area contributed by atoms with Crippen LogP contribution in [0.5, 0.6) is 0 Å². The molecule has 0 bridgehead atoms. The molecule has 2 N–H and O–H groups in total. The Kier molecular flexibility index (Phi) is 32.8. The first kappa shape index (κ1) is 66.4. The summed E-state index contributed by atoms with van der Waals surface area (Å²) in [5.41, 5.74) is -1.88. The minimum Gasteiger partial charge on any atom is -0.461 e. The van der Waals surface area contributed by atoms with Gasteiger partial charge in [-0.2, -0.15) is 0 Å². The highest BCUT2D eigenvalue weighted by Crippen LogP contribution is 2.24. The monoisotopic (exact) mass is 1000 g/mol. The molecule has 0 aliphatic heterocycles. The van der Waals surface area contributed by atoms with Crippen molar-refractivity contribution in [2.24, 2.45) is 15.8 Å². The zero-order chi connectivity index (χ0) is 53.5. The predicted molar refractivity (Wildman–Crippen MR) is 250 cm³/mol. The molecule has 0 atom stereocenters. The molecule has 22 nitrogen and oxygen atoms in total. The van der Waals surface area contributed by atoms with Gasteiger partial charge in [-0.25, -0.2) is 43.3 Å². The molecule has 0 aromatic heterocycles. The van der Waals surface area contributed by atoms with Crippen LogP contribution in [0.15, 0.2) is 77.9 Å². The van der Waals surface area contributed by atoms with Crippen molar-refractivity contribution < 1.29 is 94.3 Å². The van der Waals surface area contributed by atoms with E-state index in [1.807, 2.05) is 6.55 Å². The number of alkyl carbamates (subject to hydrolysis) is 1. The summed E-state index contributed by atoms with van der Waals surface area (Å²) in [5, 5.41) is 12.2. The maximum absolute atomic E-state index is 12.3. The average molecular weight is 1000 g/mol. The van der Waals surface area contributed by atoms with Crippen LogP contribution >= 0.6 is 0 Å².